The lowest BCUT2D eigenvalue weighted by Crippen LogP contribution is -2.44. The van der Waals surface area contributed by atoms with Crippen LogP contribution in [0.25, 0.3) is 10.9 Å². The molecule has 5 rings (SSSR count). The molecule has 1 unspecified atom stereocenters. The van der Waals surface area contributed by atoms with E-state index >= 15 is 4.39 Å². The molecule has 2 fully saturated rings. The number of benzene rings is 2. The number of nitrogens with zero attached hydrogens (tertiary/aromatic N) is 3. The molecule has 0 amide bonds. The van der Waals surface area contributed by atoms with Crippen molar-refractivity contribution in [2.24, 2.45) is 11.7 Å². The lowest BCUT2D eigenvalue weighted by Gasteiger charge is -2.25. The Labute approximate surface area is 190 Å². The average Bonchev–Trinajstić information content (AvgIpc) is 3.53. The quantitative estimate of drug-likeness (QED) is 0.552. The van der Waals surface area contributed by atoms with Gasteiger partial charge in [-0.2, -0.15) is 4.68 Å². The Morgan fingerprint density at radius 2 is 1.91 bits per heavy atom. The van der Waals surface area contributed by atoms with Gasteiger partial charge in [0.15, 0.2) is 0 Å². The third-order valence-corrected chi connectivity index (χ3v) is 6.81. The summed E-state index contributed by atoms with van der Waals surface area (Å²) in [7, 11) is 0. The number of aromatic nitrogens is 2. The summed E-state index contributed by atoms with van der Waals surface area (Å²) in [6.07, 6.45) is 2.47. The Hall–Kier alpha value is -3.33. The third kappa shape index (κ3) is 3.76. The molecule has 9 heteroatoms. The molecule has 1 saturated heterocycles. The number of para-hydroxylation sites is 1. The highest BCUT2D eigenvalue weighted by atomic mass is 19.1. The lowest BCUT2D eigenvalue weighted by atomic mass is 10.0. The lowest BCUT2D eigenvalue weighted by molar-refractivity contribution is 0.253. The molecule has 0 bridgehead atoms. The van der Waals surface area contributed by atoms with Gasteiger partial charge in [0.2, 0.25) is 0 Å². The summed E-state index contributed by atoms with van der Waals surface area (Å²) < 4.78 is 23.3. The minimum atomic E-state index is -0.681. The molecule has 1 aromatic heterocycles. The second kappa shape index (κ2) is 8.22. The van der Waals surface area contributed by atoms with Gasteiger partial charge in [0, 0.05) is 30.7 Å². The first-order valence-corrected chi connectivity index (χ1v) is 11.3. The first kappa shape index (κ1) is 21.5. The van der Waals surface area contributed by atoms with E-state index < -0.39 is 17.1 Å². The van der Waals surface area contributed by atoms with E-state index in [1.807, 2.05) is 35.2 Å². The Bertz CT molecular complexity index is 1320. The van der Waals surface area contributed by atoms with Crippen molar-refractivity contribution in [2.45, 2.75) is 38.3 Å². The fourth-order valence-electron chi connectivity index (χ4n) is 4.90. The van der Waals surface area contributed by atoms with Gasteiger partial charge in [0.1, 0.15) is 18.2 Å². The molecule has 2 atom stereocenters. The van der Waals surface area contributed by atoms with Crippen LogP contribution >= 0.6 is 0 Å². The van der Waals surface area contributed by atoms with Crippen molar-refractivity contribution in [2.75, 3.05) is 30.4 Å². The molecular weight excluding hydrogens is 425 g/mol. The summed E-state index contributed by atoms with van der Waals surface area (Å²) >= 11 is 0. The van der Waals surface area contributed by atoms with Gasteiger partial charge in [-0.1, -0.05) is 18.2 Å². The van der Waals surface area contributed by atoms with Crippen molar-refractivity contribution in [1.82, 2.24) is 9.24 Å². The van der Waals surface area contributed by atoms with E-state index in [0.29, 0.717) is 41.1 Å². The Morgan fingerprint density at radius 1 is 1.18 bits per heavy atom. The number of rotatable bonds is 6. The van der Waals surface area contributed by atoms with E-state index in [9.17, 15) is 9.59 Å². The van der Waals surface area contributed by atoms with Gasteiger partial charge in [-0.05, 0) is 50.3 Å². The SMILES string of the molecule is Cc1c(N2CCC([C@@H](N)COc3ccccc3)C2)c(F)cc2c(=O)n(N)c(=O)n(C3CC3)c12. The fourth-order valence-corrected chi connectivity index (χ4v) is 4.90. The van der Waals surface area contributed by atoms with E-state index in [-0.39, 0.29) is 23.4 Å². The van der Waals surface area contributed by atoms with Crippen molar-refractivity contribution in [3.05, 3.63) is 68.6 Å². The number of halogens is 1. The number of ether oxygens (including phenoxy) is 1. The maximum absolute atomic E-state index is 15.3. The summed E-state index contributed by atoms with van der Waals surface area (Å²) in [4.78, 5) is 27.3. The number of anilines is 1. The van der Waals surface area contributed by atoms with Crippen molar-refractivity contribution < 1.29 is 9.13 Å². The zero-order chi connectivity index (χ0) is 23.3. The first-order chi connectivity index (χ1) is 15.9. The number of nitrogen functional groups attached to an aromatic ring is 1. The molecule has 1 saturated carbocycles. The zero-order valence-corrected chi connectivity index (χ0v) is 18.5. The molecule has 2 aliphatic rings. The smallest absolute Gasteiger partial charge is 0.350 e. The number of hydrogen-bond acceptors (Lipinski definition) is 6. The number of aryl methyl sites for hydroxylation is 1. The molecule has 2 heterocycles. The predicted molar refractivity (Wildman–Crippen MR) is 126 cm³/mol. The van der Waals surface area contributed by atoms with Gasteiger partial charge >= 0.3 is 5.69 Å². The molecule has 2 aromatic carbocycles. The number of nitrogens with two attached hydrogens (primary N) is 2. The zero-order valence-electron chi connectivity index (χ0n) is 18.5. The molecule has 0 spiro atoms. The minimum absolute atomic E-state index is 0.0118. The standard InChI is InChI=1S/C24H28FN5O3/c1-14-21-18(23(31)30(27)24(32)29(21)16-7-8-16)11-19(25)22(14)28-10-9-15(12-28)20(26)13-33-17-5-3-2-4-6-17/h2-6,11,15-16,20H,7-10,12-13,26-27H2,1H3/t15?,20-/m0/s1. The highest BCUT2D eigenvalue weighted by Crippen LogP contribution is 2.39. The van der Waals surface area contributed by atoms with Crippen LogP contribution in [0.15, 0.2) is 46.0 Å². The fraction of sp³-hybridized carbons (Fsp3) is 0.417. The van der Waals surface area contributed by atoms with Crippen molar-refractivity contribution in [1.29, 1.82) is 0 Å². The van der Waals surface area contributed by atoms with Gasteiger partial charge in [0.05, 0.1) is 16.6 Å². The van der Waals surface area contributed by atoms with Crippen LogP contribution < -0.4 is 32.5 Å². The van der Waals surface area contributed by atoms with Crippen molar-refractivity contribution >= 4 is 16.6 Å². The van der Waals surface area contributed by atoms with Crippen LogP contribution in [0.4, 0.5) is 10.1 Å². The average molecular weight is 454 g/mol. The van der Waals surface area contributed by atoms with Crippen LogP contribution in [0.1, 0.15) is 30.9 Å². The van der Waals surface area contributed by atoms with E-state index in [1.165, 1.54) is 6.07 Å². The van der Waals surface area contributed by atoms with E-state index in [0.717, 1.165) is 25.0 Å². The van der Waals surface area contributed by atoms with E-state index in [4.69, 9.17) is 16.3 Å². The van der Waals surface area contributed by atoms with Crippen molar-refractivity contribution in [3.63, 3.8) is 0 Å². The summed E-state index contributed by atoms with van der Waals surface area (Å²) in [6.45, 7) is 3.35. The van der Waals surface area contributed by atoms with Crippen LogP contribution in [0.5, 0.6) is 5.75 Å². The Morgan fingerprint density at radius 3 is 2.61 bits per heavy atom. The van der Waals surface area contributed by atoms with Gasteiger partial charge in [-0.15, -0.1) is 0 Å². The maximum Gasteiger partial charge on any atom is 0.350 e. The number of fused-ring (bicyclic) bond motifs is 1. The normalized spacial score (nSPS) is 19.2. The van der Waals surface area contributed by atoms with E-state index in [2.05, 4.69) is 0 Å². The Balaban J connectivity index is 1.44. The second-order valence-electron chi connectivity index (χ2n) is 9.07. The van der Waals surface area contributed by atoms with E-state index in [1.54, 1.807) is 11.5 Å². The van der Waals surface area contributed by atoms with Crippen LogP contribution in [-0.4, -0.2) is 35.0 Å². The summed E-state index contributed by atoms with van der Waals surface area (Å²) in [5.74, 6) is 6.11. The van der Waals surface area contributed by atoms with Crippen LogP contribution in [-0.2, 0) is 0 Å². The maximum atomic E-state index is 15.3. The van der Waals surface area contributed by atoms with Gasteiger partial charge in [-0.3, -0.25) is 9.36 Å². The van der Waals surface area contributed by atoms with Crippen molar-refractivity contribution in [3.8, 4) is 5.75 Å². The largest absolute Gasteiger partial charge is 0.492 e. The van der Waals surface area contributed by atoms with Crippen LogP contribution in [0.2, 0.25) is 0 Å². The highest BCUT2D eigenvalue weighted by molar-refractivity contribution is 5.87. The molecule has 8 nitrogen and oxygen atoms in total. The minimum Gasteiger partial charge on any atom is -0.492 e. The molecule has 0 radical (unpaired) electrons. The second-order valence-corrected chi connectivity index (χ2v) is 9.07. The molecule has 4 N–H and O–H groups in total. The highest BCUT2D eigenvalue weighted by Gasteiger charge is 2.33. The molecule has 174 valence electrons. The third-order valence-electron chi connectivity index (χ3n) is 6.81. The first-order valence-electron chi connectivity index (χ1n) is 11.3. The molecule has 1 aliphatic heterocycles. The number of hydrogen-bond donors (Lipinski definition) is 2. The van der Waals surface area contributed by atoms with Gasteiger partial charge < -0.3 is 21.2 Å². The van der Waals surface area contributed by atoms with Crippen LogP contribution in [0, 0.1) is 18.7 Å². The topological polar surface area (TPSA) is 109 Å². The predicted octanol–water partition coefficient (Wildman–Crippen LogP) is 1.89. The van der Waals surface area contributed by atoms with Gasteiger partial charge in [0.25, 0.3) is 5.56 Å². The molecular formula is C24H28FN5O3. The Kier molecular flexibility index (Phi) is 5.36. The molecule has 1 aliphatic carbocycles. The molecule has 3 aromatic rings. The molecule has 33 heavy (non-hydrogen) atoms. The van der Waals surface area contributed by atoms with Gasteiger partial charge in [-0.25, -0.2) is 9.18 Å². The summed E-state index contributed by atoms with van der Waals surface area (Å²) in [5.41, 5.74) is 6.66. The summed E-state index contributed by atoms with van der Waals surface area (Å²) in [5, 5.41) is 0.131. The van der Waals surface area contributed by atoms with Crippen LogP contribution in [0.3, 0.4) is 0 Å². The summed E-state index contributed by atoms with van der Waals surface area (Å²) in [6, 6.07) is 10.5. The monoisotopic (exact) mass is 453 g/mol.